The Bertz CT molecular complexity index is 1050. The van der Waals surface area contributed by atoms with Crippen LogP contribution in [0.4, 0.5) is 5.69 Å². The summed E-state index contributed by atoms with van der Waals surface area (Å²) in [6, 6.07) is 8.02. The summed E-state index contributed by atoms with van der Waals surface area (Å²) in [5, 5.41) is 13.6. The molecule has 0 bridgehead atoms. The molecule has 1 atom stereocenters. The fraction of sp³-hybridized carbons (Fsp3) is 0.348. The Labute approximate surface area is 185 Å². The molecular formula is C23H25N3O6. The molecule has 0 fully saturated rings. The average molecular weight is 439 g/mol. The number of nitrogens with one attached hydrogen (secondary N) is 1. The Morgan fingerprint density at radius 2 is 2.16 bits per heavy atom. The molecule has 1 aromatic heterocycles. The quantitative estimate of drug-likeness (QED) is 0.427. The number of esters is 1. The lowest BCUT2D eigenvalue weighted by molar-refractivity contribution is -0.384. The zero-order valence-electron chi connectivity index (χ0n) is 18.0. The Hall–Kier alpha value is -3.59. The minimum atomic E-state index is -0.453. The number of hydrogen-bond acceptors (Lipinski definition) is 8. The predicted octanol–water partition coefficient (Wildman–Crippen LogP) is 3.43. The minimum absolute atomic E-state index is 0.0138. The maximum absolute atomic E-state index is 11.7. The van der Waals surface area contributed by atoms with Gasteiger partial charge in [-0.25, -0.2) is 4.79 Å². The first-order valence-corrected chi connectivity index (χ1v) is 10.3. The molecule has 2 aromatic rings. The number of allylic oxidation sites excluding steroid dienone is 2. The first kappa shape index (κ1) is 23.1. The number of nitro benzene ring substituents is 1. The number of benzene rings is 1. The van der Waals surface area contributed by atoms with E-state index in [2.05, 4.69) is 10.3 Å². The number of pyridine rings is 1. The molecule has 1 aromatic carbocycles. The van der Waals surface area contributed by atoms with Crippen LogP contribution in [0.1, 0.15) is 53.4 Å². The highest BCUT2D eigenvalue weighted by molar-refractivity contribution is 5.91. The van der Waals surface area contributed by atoms with Gasteiger partial charge in [-0.3, -0.25) is 19.9 Å². The van der Waals surface area contributed by atoms with Crippen molar-refractivity contribution in [3.63, 3.8) is 0 Å². The molecule has 0 radical (unpaired) electrons. The Morgan fingerprint density at radius 1 is 1.34 bits per heavy atom. The highest BCUT2D eigenvalue weighted by atomic mass is 16.6. The van der Waals surface area contributed by atoms with Gasteiger partial charge in [0.05, 0.1) is 48.5 Å². The third-order valence-electron chi connectivity index (χ3n) is 4.97. The van der Waals surface area contributed by atoms with Crippen molar-refractivity contribution in [3.8, 4) is 0 Å². The van der Waals surface area contributed by atoms with Crippen LogP contribution >= 0.6 is 0 Å². The lowest BCUT2D eigenvalue weighted by Gasteiger charge is -2.20. The normalized spacial score (nSPS) is 16.8. The SMILES string of the molecule is CC1=CC(c2cccc([N+](=O)[O-])c2)C(=O)CN1.CCCOC(=O)c1cnc2c(c1)COC2. The molecule has 9 nitrogen and oxygen atoms in total. The van der Waals surface area contributed by atoms with Gasteiger partial charge in [0, 0.05) is 29.6 Å². The molecule has 0 saturated heterocycles. The summed E-state index contributed by atoms with van der Waals surface area (Å²) >= 11 is 0. The van der Waals surface area contributed by atoms with Gasteiger partial charge in [-0.15, -0.1) is 0 Å². The van der Waals surface area contributed by atoms with E-state index < -0.39 is 4.92 Å². The van der Waals surface area contributed by atoms with Crippen molar-refractivity contribution in [3.05, 3.63) is 80.8 Å². The lowest BCUT2D eigenvalue weighted by Crippen LogP contribution is -2.30. The van der Waals surface area contributed by atoms with E-state index in [0.29, 0.717) is 30.9 Å². The molecule has 32 heavy (non-hydrogen) atoms. The van der Waals surface area contributed by atoms with Crippen LogP contribution in [-0.4, -0.2) is 34.8 Å². The first-order valence-electron chi connectivity index (χ1n) is 10.3. The topological polar surface area (TPSA) is 121 Å². The molecule has 0 aliphatic carbocycles. The van der Waals surface area contributed by atoms with Gasteiger partial charge in [0.25, 0.3) is 5.69 Å². The zero-order chi connectivity index (χ0) is 23.1. The van der Waals surface area contributed by atoms with E-state index in [9.17, 15) is 19.7 Å². The number of nitrogens with zero attached hydrogens (tertiary/aromatic N) is 2. The van der Waals surface area contributed by atoms with E-state index >= 15 is 0 Å². The molecule has 4 rings (SSSR count). The van der Waals surface area contributed by atoms with Crippen LogP contribution in [0.25, 0.3) is 0 Å². The van der Waals surface area contributed by atoms with E-state index in [-0.39, 0.29) is 29.9 Å². The van der Waals surface area contributed by atoms with Gasteiger partial charge in [0.1, 0.15) is 0 Å². The Balaban J connectivity index is 0.000000182. The van der Waals surface area contributed by atoms with Gasteiger partial charge in [-0.05, 0) is 25.0 Å². The highest BCUT2D eigenvalue weighted by Gasteiger charge is 2.23. The summed E-state index contributed by atoms with van der Waals surface area (Å²) in [7, 11) is 0. The first-order chi connectivity index (χ1) is 15.4. The van der Waals surface area contributed by atoms with E-state index in [0.717, 1.165) is 23.4 Å². The molecule has 9 heteroatoms. The van der Waals surface area contributed by atoms with Crippen molar-refractivity contribution in [2.45, 2.75) is 39.4 Å². The summed E-state index contributed by atoms with van der Waals surface area (Å²) in [5.74, 6) is -0.661. The molecule has 0 saturated carbocycles. The fourth-order valence-corrected chi connectivity index (χ4v) is 3.29. The summed E-state index contributed by atoms with van der Waals surface area (Å²) in [6.07, 6.45) is 4.17. The number of ketones is 1. The number of ether oxygens (including phenoxy) is 2. The standard InChI is InChI=1S/C12H12N2O3.C11H13NO3/c1-8-5-11(12(15)7-13-8)9-3-2-4-10(6-9)14(16)17;1-2-3-15-11(13)8-4-9-6-14-7-10(9)12-5-8/h2-6,11,13H,7H2,1H3;4-5H,2-3,6-7H2,1H3. The number of hydrogen-bond donors (Lipinski definition) is 1. The predicted molar refractivity (Wildman–Crippen MR) is 116 cm³/mol. The maximum Gasteiger partial charge on any atom is 0.339 e. The molecular weight excluding hydrogens is 414 g/mol. The van der Waals surface area contributed by atoms with Gasteiger partial charge in [0.15, 0.2) is 5.78 Å². The molecule has 2 aliphatic rings. The largest absolute Gasteiger partial charge is 0.462 e. The van der Waals surface area contributed by atoms with Gasteiger partial charge in [-0.2, -0.15) is 0 Å². The van der Waals surface area contributed by atoms with E-state index in [4.69, 9.17) is 9.47 Å². The highest BCUT2D eigenvalue weighted by Crippen LogP contribution is 2.25. The molecule has 1 unspecified atom stereocenters. The summed E-state index contributed by atoms with van der Waals surface area (Å²) < 4.78 is 10.2. The monoisotopic (exact) mass is 439 g/mol. The Kier molecular flexibility index (Phi) is 7.67. The number of Topliss-reactive ketones (excluding diaryl/α,β-unsaturated/α-hetero) is 1. The van der Waals surface area contributed by atoms with Crippen molar-refractivity contribution in [1.82, 2.24) is 10.3 Å². The van der Waals surface area contributed by atoms with E-state index in [1.165, 1.54) is 12.1 Å². The van der Waals surface area contributed by atoms with Crippen molar-refractivity contribution in [2.75, 3.05) is 13.2 Å². The van der Waals surface area contributed by atoms with E-state index in [1.54, 1.807) is 30.5 Å². The van der Waals surface area contributed by atoms with Gasteiger partial charge in [0.2, 0.25) is 0 Å². The second-order valence-electron chi connectivity index (χ2n) is 7.46. The number of fused-ring (bicyclic) bond motifs is 1. The fourth-order valence-electron chi connectivity index (χ4n) is 3.29. The van der Waals surface area contributed by atoms with Crippen molar-refractivity contribution in [1.29, 1.82) is 0 Å². The van der Waals surface area contributed by atoms with Crippen molar-refractivity contribution < 1.29 is 24.0 Å². The number of aromatic nitrogens is 1. The van der Waals surface area contributed by atoms with Gasteiger partial charge in [-0.1, -0.05) is 25.1 Å². The van der Waals surface area contributed by atoms with Crippen LogP contribution in [0.15, 0.2) is 48.3 Å². The number of non-ortho nitro benzene ring substituents is 1. The summed E-state index contributed by atoms with van der Waals surface area (Å²) in [5.41, 5.74) is 4.02. The Morgan fingerprint density at radius 3 is 2.91 bits per heavy atom. The van der Waals surface area contributed by atoms with E-state index in [1.807, 2.05) is 13.8 Å². The van der Waals surface area contributed by atoms with Crippen LogP contribution in [-0.2, 0) is 27.5 Å². The second kappa shape index (κ2) is 10.6. The van der Waals surface area contributed by atoms with Crippen LogP contribution in [0.3, 0.4) is 0 Å². The molecule has 0 spiro atoms. The van der Waals surface area contributed by atoms with Gasteiger partial charge >= 0.3 is 5.97 Å². The minimum Gasteiger partial charge on any atom is -0.462 e. The maximum atomic E-state index is 11.7. The number of carbonyl (C=O) groups is 2. The van der Waals surface area contributed by atoms with Gasteiger partial charge < -0.3 is 14.8 Å². The van der Waals surface area contributed by atoms with Crippen molar-refractivity contribution in [2.24, 2.45) is 0 Å². The zero-order valence-corrected chi connectivity index (χ0v) is 18.0. The average Bonchev–Trinajstić information content (AvgIpc) is 3.27. The molecule has 168 valence electrons. The molecule has 2 aliphatic heterocycles. The second-order valence-corrected chi connectivity index (χ2v) is 7.46. The molecule has 3 heterocycles. The third kappa shape index (κ3) is 5.76. The van der Waals surface area contributed by atoms with Crippen LogP contribution in [0, 0.1) is 10.1 Å². The lowest BCUT2D eigenvalue weighted by atomic mass is 9.91. The number of carbonyl (C=O) groups excluding carboxylic acids is 2. The van der Waals surface area contributed by atoms with Crippen LogP contribution in [0.5, 0.6) is 0 Å². The number of rotatable bonds is 5. The summed E-state index contributed by atoms with van der Waals surface area (Å²) in [4.78, 5) is 37.6. The molecule has 1 N–H and O–H groups in total. The third-order valence-corrected chi connectivity index (χ3v) is 4.97. The molecule has 0 amide bonds. The van der Waals surface area contributed by atoms with Crippen LogP contribution < -0.4 is 5.32 Å². The number of nitro groups is 1. The summed E-state index contributed by atoms with van der Waals surface area (Å²) in [6.45, 7) is 5.64. The van der Waals surface area contributed by atoms with Crippen molar-refractivity contribution >= 4 is 17.4 Å². The van der Waals surface area contributed by atoms with Crippen LogP contribution in [0.2, 0.25) is 0 Å². The smallest absolute Gasteiger partial charge is 0.339 e.